The fourth-order valence-electron chi connectivity index (χ4n) is 8.06. The van der Waals surface area contributed by atoms with Crippen molar-refractivity contribution in [3.8, 4) is 61.8 Å². The lowest BCUT2D eigenvalue weighted by Crippen LogP contribution is -1.96. The molecule has 0 spiro atoms. The number of nitrogens with zero attached hydrogens (tertiary/aromatic N) is 3. The van der Waals surface area contributed by atoms with Crippen LogP contribution < -0.4 is 0 Å². The number of para-hydroxylation sites is 2. The Hall–Kier alpha value is -7.56. The van der Waals surface area contributed by atoms with Gasteiger partial charge in [-0.2, -0.15) is 0 Å². The summed E-state index contributed by atoms with van der Waals surface area (Å²) in [6.45, 7) is 0. The third-order valence-corrected chi connectivity index (χ3v) is 10.8. The van der Waals surface area contributed by atoms with Crippen LogP contribution in [0.1, 0.15) is 0 Å². The number of benzene rings is 8. The Bertz CT molecular complexity index is 3170. The largest absolute Gasteiger partial charge is 0.456 e. The summed E-state index contributed by atoms with van der Waals surface area (Å²) < 4.78 is 8.62. The number of fused-ring (bicyclic) bond motifs is 6. The summed E-state index contributed by atoms with van der Waals surface area (Å²) >= 11 is 0. The van der Waals surface area contributed by atoms with Crippen molar-refractivity contribution in [2.24, 2.45) is 0 Å². The Morgan fingerprint density at radius 1 is 0.321 bits per heavy atom. The van der Waals surface area contributed by atoms with Crippen LogP contribution >= 0.6 is 0 Å². The van der Waals surface area contributed by atoms with Crippen molar-refractivity contribution >= 4 is 43.7 Å². The van der Waals surface area contributed by atoms with Gasteiger partial charge in [-0.3, -0.25) is 0 Å². The van der Waals surface area contributed by atoms with Gasteiger partial charge in [-0.05, 0) is 76.9 Å². The highest BCUT2D eigenvalue weighted by molar-refractivity contribution is 6.11. The van der Waals surface area contributed by atoms with Crippen molar-refractivity contribution in [3.63, 3.8) is 0 Å². The number of hydrogen-bond acceptors (Lipinski definition) is 3. The molecule has 0 aliphatic carbocycles. The van der Waals surface area contributed by atoms with Crippen molar-refractivity contribution < 1.29 is 4.42 Å². The number of rotatable bonds is 6. The quantitative estimate of drug-likeness (QED) is 0.172. The molecule has 0 unspecified atom stereocenters. The van der Waals surface area contributed by atoms with E-state index in [0.717, 1.165) is 83.5 Å². The summed E-state index contributed by atoms with van der Waals surface area (Å²) in [6.07, 6.45) is 0. The summed E-state index contributed by atoms with van der Waals surface area (Å²) in [6, 6.07) is 70.3. The summed E-state index contributed by atoms with van der Waals surface area (Å²) in [5, 5.41) is 4.71. The van der Waals surface area contributed by atoms with Gasteiger partial charge in [0.05, 0.1) is 22.4 Å². The van der Waals surface area contributed by atoms with E-state index in [1.165, 1.54) is 16.3 Å². The summed E-state index contributed by atoms with van der Waals surface area (Å²) in [5.74, 6) is 0.704. The second-order valence-corrected chi connectivity index (χ2v) is 14.2. The summed E-state index contributed by atoms with van der Waals surface area (Å²) in [7, 11) is 0. The van der Waals surface area contributed by atoms with E-state index < -0.39 is 0 Å². The van der Waals surface area contributed by atoms with Gasteiger partial charge in [0.1, 0.15) is 11.2 Å². The van der Waals surface area contributed by atoms with E-state index in [-0.39, 0.29) is 0 Å². The monoisotopic (exact) mass is 715 g/mol. The molecule has 0 N–H and O–H groups in total. The van der Waals surface area contributed by atoms with Crippen LogP contribution in [0.25, 0.3) is 106 Å². The molecule has 0 aliphatic heterocycles. The van der Waals surface area contributed by atoms with Crippen LogP contribution in [0.3, 0.4) is 0 Å². The molecule has 3 aromatic heterocycles. The van der Waals surface area contributed by atoms with Crippen LogP contribution in [0.15, 0.2) is 205 Å². The van der Waals surface area contributed by atoms with Gasteiger partial charge in [0, 0.05) is 43.9 Å². The topological polar surface area (TPSA) is 43.9 Å². The molecule has 4 nitrogen and oxygen atoms in total. The maximum atomic E-state index is 6.24. The van der Waals surface area contributed by atoms with Crippen LogP contribution in [-0.4, -0.2) is 14.5 Å². The molecule has 4 heteroatoms. The Labute approximate surface area is 323 Å². The first-order chi connectivity index (χ1) is 27.7. The molecule has 11 rings (SSSR count). The highest BCUT2D eigenvalue weighted by Gasteiger charge is 2.16. The van der Waals surface area contributed by atoms with Crippen molar-refractivity contribution in [3.05, 3.63) is 200 Å². The van der Waals surface area contributed by atoms with Crippen LogP contribution in [0.5, 0.6) is 0 Å². The fraction of sp³-hybridized carbons (Fsp3) is 0. The lowest BCUT2D eigenvalue weighted by atomic mass is 10.0. The van der Waals surface area contributed by atoms with Crippen molar-refractivity contribution in [1.82, 2.24) is 14.5 Å². The van der Waals surface area contributed by atoms with Gasteiger partial charge >= 0.3 is 0 Å². The molecule has 0 aliphatic rings. The van der Waals surface area contributed by atoms with Gasteiger partial charge in [0.15, 0.2) is 5.82 Å². The first kappa shape index (κ1) is 31.9. The lowest BCUT2D eigenvalue weighted by molar-refractivity contribution is 0.669. The smallest absolute Gasteiger partial charge is 0.160 e. The second kappa shape index (κ2) is 13.1. The van der Waals surface area contributed by atoms with E-state index in [4.69, 9.17) is 14.4 Å². The van der Waals surface area contributed by atoms with E-state index in [9.17, 15) is 0 Å². The Morgan fingerprint density at radius 2 is 0.875 bits per heavy atom. The second-order valence-electron chi connectivity index (χ2n) is 14.2. The van der Waals surface area contributed by atoms with E-state index >= 15 is 0 Å². The molecule has 8 aromatic carbocycles. The molecule has 0 amide bonds. The summed E-state index contributed by atoms with van der Waals surface area (Å²) in [5.41, 5.74) is 14.7. The SMILES string of the molecule is c1ccc(-c2cc(-c3ccccc3)nc(-c3ccc(-c4ccc5c(c4)c4ccccc4n5-c4cccc(-c5ccc6c(c5)oc5ccccc56)c4)cc3)n2)cc1. The Kier molecular flexibility index (Phi) is 7.46. The van der Waals surface area contributed by atoms with E-state index in [1.54, 1.807) is 0 Å². The minimum atomic E-state index is 0.704. The van der Waals surface area contributed by atoms with Crippen LogP contribution in [-0.2, 0) is 0 Å². The maximum absolute atomic E-state index is 6.24. The standard InChI is InChI=1S/C52H33N3O/c1-3-12-35(13-4-1)46-33-47(36-14-5-2-6-15-36)54-52(53-46)37-24-22-34(23-25-37)39-27-29-49-45(31-39)42-18-7-9-20-48(42)55(49)41-17-11-16-38(30-41)40-26-28-44-43-19-8-10-21-50(43)56-51(44)32-40/h1-33H. The number of aromatic nitrogens is 3. The van der Waals surface area contributed by atoms with Crippen LogP contribution in [0, 0.1) is 0 Å². The van der Waals surface area contributed by atoms with Gasteiger partial charge in [-0.1, -0.05) is 146 Å². The zero-order valence-electron chi connectivity index (χ0n) is 30.3. The lowest BCUT2D eigenvalue weighted by Gasteiger charge is -2.11. The molecule has 0 saturated heterocycles. The van der Waals surface area contributed by atoms with E-state index in [1.807, 2.05) is 48.5 Å². The van der Waals surface area contributed by atoms with E-state index in [0.29, 0.717) is 5.82 Å². The zero-order valence-corrected chi connectivity index (χ0v) is 30.3. The molecule has 56 heavy (non-hydrogen) atoms. The van der Waals surface area contributed by atoms with Crippen molar-refractivity contribution in [1.29, 1.82) is 0 Å². The molecule has 0 saturated carbocycles. The van der Waals surface area contributed by atoms with Crippen molar-refractivity contribution in [2.45, 2.75) is 0 Å². The number of hydrogen-bond donors (Lipinski definition) is 0. The third-order valence-electron chi connectivity index (χ3n) is 10.8. The molecule has 11 aromatic rings. The first-order valence-electron chi connectivity index (χ1n) is 18.9. The summed E-state index contributed by atoms with van der Waals surface area (Å²) in [4.78, 5) is 10.1. The number of furan rings is 1. The normalized spacial score (nSPS) is 11.6. The van der Waals surface area contributed by atoms with Gasteiger partial charge in [0.2, 0.25) is 0 Å². The minimum Gasteiger partial charge on any atom is -0.456 e. The third kappa shape index (κ3) is 5.47. The van der Waals surface area contributed by atoms with Gasteiger partial charge < -0.3 is 8.98 Å². The highest BCUT2D eigenvalue weighted by Crippen LogP contribution is 2.38. The molecule has 0 atom stereocenters. The van der Waals surface area contributed by atoms with E-state index in [2.05, 4.69) is 156 Å². The predicted molar refractivity (Wildman–Crippen MR) is 231 cm³/mol. The zero-order chi connectivity index (χ0) is 37.0. The minimum absolute atomic E-state index is 0.704. The molecule has 0 fully saturated rings. The Morgan fingerprint density at radius 3 is 1.64 bits per heavy atom. The molecule has 0 bridgehead atoms. The maximum Gasteiger partial charge on any atom is 0.160 e. The van der Waals surface area contributed by atoms with Gasteiger partial charge in [0.25, 0.3) is 0 Å². The fourth-order valence-corrected chi connectivity index (χ4v) is 8.06. The van der Waals surface area contributed by atoms with Crippen molar-refractivity contribution in [2.75, 3.05) is 0 Å². The van der Waals surface area contributed by atoms with Crippen LogP contribution in [0.4, 0.5) is 0 Å². The molecule has 0 radical (unpaired) electrons. The van der Waals surface area contributed by atoms with Gasteiger partial charge in [-0.25, -0.2) is 9.97 Å². The first-order valence-corrected chi connectivity index (χ1v) is 18.9. The van der Waals surface area contributed by atoms with Crippen LogP contribution in [0.2, 0.25) is 0 Å². The molecule has 262 valence electrons. The molecular weight excluding hydrogens is 683 g/mol. The average Bonchev–Trinajstić information content (AvgIpc) is 3.82. The Balaban J connectivity index is 0.966. The molecular formula is C52H33N3O. The predicted octanol–water partition coefficient (Wildman–Crippen LogP) is 13.8. The highest BCUT2D eigenvalue weighted by atomic mass is 16.3. The van der Waals surface area contributed by atoms with Gasteiger partial charge in [-0.15, -0.1) is 0 Å². The molecule has 3 heterocycles. The average molecular weight is 716 g/mol.